The summed E-state index contributed by atoms with van der Waals surface area (Å²) < 4.78 is 0. The Hall–Kier alpha value is -8.12. The molecule has 7 aromatic rings. The zero-order valence-corrected chi connectivity index (χ0v) is 63.8. The van der Waals surface area contributed by atoms with Crippen LogP contribution in [0.2, 0.25) is 0 Å². The number of H-pyrrole nitrogens is 2. The zero-order valence-electron chi connectivity index (χ0n) is 63.8. The minimum absolute atomic E-state index is 0.0221. The van der Waals surface area contributed by atoms with E-state index >= 15 is 0 Å². The first-order valence-corrected chi connectivity index (χ1v) is 41.2. The molecular weight excluding hydrogens is 1290 g/mol. The maximum Gasteiger partial charge on any atom is 0.123 e. The Kier molecular flexibility index (Phi) is 32.9. The summed E-state index contributed by atoms with van der Waals surface area (Å²) in [5.41, 5.74) is 10.6. The van der Waals surface area contributed by atoms with Gasteiger partial charge in [-0.25, -0.2) is 9.97 Å². The fourth-order valence-electron chi connectivity index (χ4n) is 15.7. The van der Waals surface area contributed by atoms with Gasteiger partial charge in [0.15, 0.2) is 0 Å². The number of aromatic hydroxyl groups is 8. The second kappa shape index (κ2) is 42.7. The Morgan fingerprint density at radius 2 is 0.375 bits per heavy atom. The molecule has 0 spiro atoms. The second-order valence-electron chi connectivity index (χ2n) is 30.2. The van der Waals surface area contributed by atoms with Crippen LogP contribution in [0.25, 0.3) is 90.9 Å². The van der Waals surface area contributed by atoms with Gasteiger partial charge in [0.25, 0.3) is 0 Å². The van der Waals surface area contributed by atoms with Crippen molar-refractivity contribution in [3.8, 4) is 90.5 Å². The molecule has 9 rings (SSSR count). The van der Waals surface area contributed by atoms with Crippen LogP contribution in [0.5, 0.6) is 46.0 Å². The lowest BCUT2D eigenvalue weighted by Gasteiger charge is -2.13. The third-order valence-corrected chi connectivity index (χ3v) is 21.8. The summed E-state index contributed by atoms with van der Waals surface area (Å²) in [5.74, 6) is -0.177. The Bertz CT molecular complexity index is 3480. The van der Waals surface area contributed by atoms with E-state index < -0.39 is 0 Å². The number of aromatic amines is 2. The highest BCUT2D eigenvalue weighted by Crippen LogP contribution is 2.46. The molecular formula is C92H126N4O8. The average Bonchev–Trinajstić information content (AvgIpc) is 1.62. The summed E-state index contributed by atoms with van der Waals surface area (Å²) >= 11 is 0. The minimum Gasteiger partial charge on any atom is -0.508 e. The number of rotatable bonds is 48. The van der Waals surface area contributed by atoms with Gasteiger partial charge in [-0.3, -0.25) is 0 Å². The predicted octanol–water partition coefficient (Wildman–Crippen LogP) is 26.8. The van der Waals surface area contributed by atoms with E-state index in [0.717, 1.165) is 77.0 Å². The molecule has 562 valence electrons. The second-order valence-corrected chi connectivity index (χ2v) is 30.2. The SMILES string of the molecule is CCCCCCCCCCCCc1c(O)cc(-c2c3nc(c(-c4cc(O)c(CCCCCCCCCCCC)c(O)c4)c4ccc([nH]4)c(-c4cc(O)c(CCCCCCCCCCCC)c(O)c4)c4nc(c(-c5cc(O)c(CCCCCCCCCCCC)c(O)c5)c5ccc2[nH]5)C=C4)C=C3)cc1O. The first kappa shape index (κ1) is 80.0. The van der Waals surface area contributed by atoms with Crippen LogP contribution in [0.4, 0.5) is 0 Å². The molecule has 0 radical (unpaired) electrons. The molecule has 0 amide bonds. The molecule has 0 fully saturated rings. The molecule has 10 N–H and O–H groups in total. The number of hydrogen-bond donors (Lipinski definition) is 10. The van der Waals surface area contributed by atoms with Crippen LogP contribution in [0.1, 0.15) is 330 Å². The van der Waals surface area contributed by atoms with Crippen molar-refractivity contribution in [3.63, 3.8) is 0 Å². The molecule has 2 aliphatic rings. The van der Waals surface area contributed by atoms with Gasteiger partial charge in [-0.2, -0.15) is 0 Å². The fourth-order valence-corrected chi connectivity index (χ4v) is 15.7. The topological polar surface area (TPSA) is 219 Å². The molecule has 0 unspecified atom stereocenters. The van der Waals surface area contributed by atoms with Crippen molar-refractivity contribution in [1.82, 2.24) is 19.9 Å². The predicted molar refractivity (Wildman–Crippen MR) is 436 cm³/mol. The van der Waals surface area contributed by atoms with Crippen molar-refractivity contribution in [2.24, 2.45) is 0 Å². The zero-order chi connectivity index (χ0) is 73.4. The van der Waals surface area contributed by atoms with Crippen molar-refractivity contribution in [1.29, 1.82) is 0 Å². The number of benzene rings is 4. The van der Waals surface area contributed by atoms with Gasteiger partial charge >= 0.3 is 0 Å². The Balaban J connectivity index is 1.17. The van der Waals surface area contributed by atoms with Crippen molar-refractivity contribution in [2.75, 3.05) is 0 Å². The number of nitrogens with one attached hydrogen (secondary N) is 2. The number of nitrogens with zero attached hydrogens (tertiary/aromatic N) is 2. The van der Waals surface area contributed by atoms with Gasteiger partial charge in [-0.1, -0.05) is 259 Å². The Labute approximate surface area is 622 Å². The van der Waals surface area contributed by atoms with Gasteiger partial charge in [0, 0.05) is 66.6 Å². The summed E-state index contributed by atoms with van der Waals surface area (Å²) in [6, 6.07) is 21.3. The normalized spacial score (nSPS) is 12.0. The van der Waals surface area contributed by atoms with Crippen molar-refractivity contribution in [2.45, 2.75) is 310 Å². The number of hydrogen-bond acceptors (Lipinski definition) is 10. The summed E-state index contributed by atoms with van der Waals surface area (Å²) in [6.07, 6.45) is 56.4. The van der Waals surface area contributed by atoms with Gasteiger partial charge in [-0.15, -0.1) is 0 Å². The summed E-state index contributed by atoms with van der Waals surface area (Å²) in [7, 11) is 0. The largest absolute Gasteiger partial charge is 0.508 e. The quantitative estimate of drug-likeness (QED) is 0.0163. The van der Waals surface area contributed by atoms with Crippen LogP contribution in [0.15, 0.2) is 72.8 Å². The van der Waals surface area contributed by atoms with Crippen LogP contribution < -0.4 is 0 Å². The first-order chi connectivity index (χ1) is 50.8. The lowest BCUT2D eigenvalue weighted by Crippen LogP contribution is -1.94. The van der Waals surface area contributed by atoms with E-state index in [1.54, 1.807) is 48.5 Å². The molecule has 104 heavy (non-hydrogen) atoms. The molecule has 0 saturated heterocycles. The van der Waals surface area contributed by atoms with Crippen LogP contribution >= 0.6 is 0 Å². The molecule has 5 heterocycles. The molecule has 12 heteroatoms. The third kappa shape index (κ3) is 22.9. The number of unbranched alkanes of at least 4 members (excludes halogenated alkanes) is 36. The van der Waals surface area contributed by atoms with E-state index in [-0.39, 0.29) is 46.0 Å². The van der Waals surface area contributed by atoms with E-state index in [1.165, 1.54) is 180 Å². The first-order valence-electron chi connectivity index (χ1n) is 41.2. The lowest BCUT2D eigenvalue weighted by atomic mass is 9.97. The maximum atomic E-state index is 12.0. The highest BCUT2D eigenvalue weighted by molar-refractivity contribution is 6.00. The Morgan fingerprint density at radius 3 is 0.538 bits per heavy atom. The van der Waals surface area contributed by atoms with Crippen LogP contribution in [0, 0.1) is 0 Å². The van der Waals surface area contributed by atoms with E-state index in [2.05, 4.69) is 37.7 Å². The molecule has 0 aliphatic carbocycles. The summed E-state index contributed by atoms with van der Waals surface area (Å²) in [4.78, 5) is 18.3. The van der Waals surface area contributed by atoms with Crippen molar-refractivity contribution < 1.29 is 40.9 Å². The maximum absolute atomic E-state index is 12.0. The average molecular weight is 1420 g/mol. The molecule has 2 aliphatic heterocycles. The van der Waals surface area contributed by atoms with Crippen molar-refractivity contribution >= 4 is 46.4 Å². The summed E-state index contributed by atoms with van der Waals surface area (Å²) in [6.45, 7) is 8.98. The van der Waals surface area contributed by atoms with E-state index in [0.29, 0.717) is 137 Å². The lowest BCUT2D eigenvalue weighted by molar-refractivity contribution is 0.435. The number of phenols is 8. The molecule has 8 bridgehead atoms. The molecule has 3 aromatic heterocycles. The molecule has 0 saturated carbocycles. The van der Waals surface area contributed by atoms with Gasteiger partial charge in [0.05, 0.1) is 22.8 Å². The van der Waals surface area contributed by atoms with E-state index in [1.807, 2.05) is 48.6 Å². The van der Waals surface area contributed by atoms with Crippen molar-refractivity contribution in [3.05, 3.63) is 118 Å². The number of phenolic OH excluding ortho intramolecular Hbond substituents is 8. The van der Waals surface area contributed by atoms with E-state index in [9.17, 15) is 40.9 Å². The van der Waals surface area contributed by atoms with Gasteiger partial charge in [-0.05, 0) is 171 Å². The fraction of sp³-hybridized carbons (Fsp3) is 0.522. The smallest absolute Gasteiger partial charge is 0.123 e. The highest BCUT2D eigenvalue weighted by atomic mass is 16.3. The van der Waals surface area contributed by atoms with Gasteiger partial charge in [0.2, 0.25) is 0 Å². The van der Waals surface area contributed by atoms with Crippen LogP contribution in [-0.2, 0) is 25.7 Å². The third-order valence-electron chi connectivity index (χ3n) is 21.8. The Morgan fingerprint density at radius 1 is 0.221 bits per heavy atom. The highest BCUT2D eigenvalue weighted by Gasteiger charge is 2.24. The van der Waals surface area contributed by atoms with Gasteiger partial charge < -0.3 is 50.8 Å². The standard InChI is InChI=1S/C92H126N4O8/c1-5-9-13-17-21-25-29-33-37-41-45-69-81(97)57-65(58-82(69)98)89-73-49-51-75(93-73)90(66-59-83(99)70(84(100)60-66)46-42-38-34-30-26-22-18-14-10-6-2)77-53-55-79(95-77)92(68-63-87(103)72(88(104)64-68)48-44-40-36-32-28-24-20-16-12-8-4)80-56-54-78(96-80)91(76-52-50-74(89)94-76)67-61-85(101)71(86(102)62-67)47-43-39-35-31-27-23-19-15-11-7-3/h49-64,93,96-104H,5-48H2,1-4H3. The van der Waals surface area contributed by atoms with Crippen LogP contribution in [-0.4, -0.2) is 60.8 Å². The van der Waals surface area contributed by atoms with Gasteiger partial charge in [0.1, 0.15) is 46.0 Å². The monoisotopic (exact) mass is 1410 g/mol. The number of aromatic nitrogens is 4. The number of fused-ring (bicyclic) bond motifs is 8. The molecule has 12 nitrogen and oxygen atoms in total. The summed E-state index contributed by atoms with van der Waals surface area (Å²) in [5, 5.41) is 96.3. The minimum atomic E-state index is -0.0221. The molecule has 4 aromatic carbocycles. The van der Waals surface area contributed by atoms with Crippen LogP contribution in [0.3, 0.4) is 0 Å². The molecule has 0 atom stereocenters. The van der Waals surface area contributed by atoms with E-state index in [4.69, 9.17) is 9.97 Å².